The Morgan fingerprint density at radius 3 is 2.92 bits per heavy atom. The van der Waals surface area contributed by atoms with Crippen molar-refractivity contribution in [3.63, 3.8) is 0 Å². The average Bonchev–Trinajstić information content (AvgIpc) is 2.99. The maximum atomic E-state index is 12.7. The molecule has 5 heteroatoms. The molecule has 132 valence electrons. The van der Waals surface area contributed by atoms with Gasteiger partial charge in [-0.15, -0.1) is 0 Å². The van der Waals surface area contributed by atoms with E-state index in [1.54, 1.807) is 0 Å². The highest BCUT2D eigenvalue weighted by Crippen LogP contribution is 2.31. The van der Waals surface area contributed by atoms with Crippen LogP contribution in [0.15, 0.2) is 24.3 Å². The Labute approximate surface area is 144 Å². The molecule has 1 fully saturated rings. The lowest BCUT2D eigenvalue weighted by Crippen LogP contribution is -2.47. The summed E-state index contributed by atoms with van der Waals surface area (Å²) in [7, 11) is 1.97. The lowest BCUT2D eigenvalue weighted by atomic mass is 10.00. The standard InChI is InChI=1S/C19H28N2O3/c1-13(21(2)12-14-6-5-8-17(14)22)19(23)20-16-10-11-24-18-9-4-3-7-15(16)18/h3-4,7,9,13-14,16-17,22H,5-6,8,10-12H2,1-2H3,(H,20,23). The van der Waals surface area contributed by atoms with Gasteiger partial charge in [0.15, 0.2) is 0 Å². The van der Waals surface area contributed by atoms with Crippen LogP contribution in [0.3, 0.4) is 0 Å². The minimum absolute atomic E-state index is 0.00960. The average molecular weight is 332 g/mol. The molecule has 1 saturated carbocycles. The summed E-state index contributed by atoms with van der Waals surface area (Å²) in [4.78, 5) is 14.7. The van der Waals surface area contributed by atoms with E-state index in [4.69, 9.17) is 4.74 Å². The zero-order valence-corrected chi connectivity index (χ0v) is 14.6. The van der Waals surface area contributed by atoms with Gasteiger partial charge in [-0.25, -0.2) is 0 Å². The Morgan fingerprint density at radius 2 is 2.17 bits per heavy atom. The second kappa shape index (κ2) is 7.53. The number of hydrogen-bond donors (Lipinski definition) is 2. The maximum absolute atomic E-state index is 12.7. The van der Waals surface area contributed by atoms with E-state index in [9.17, 15) is 9.90 Å². The number of para-hydroxylation sites is 1. The van der Waals surface area contributed by atoms with E-state index in [2.05, 4.69) is 10.2 Å². The molecular weight excluding hydrogens is 304 g/mol. The van der Waals surface area contributed by atoms with Crippen molar-refractivity contribution in [2.75, 3.05) is 20.2 Å². The molecular formula is C19H28N2O3. The molecule has 0 aromatic heterocycles. The van der Waals surface area contributed by atoms with Gasteiger partial charge in [0.25, 0.3) is 0 Å². The van der Waals surface area contributed by atoms with Crippen LogP contribution >= 0.6 is 0 Å². The number of aliphatic hydroxyl groups excluding tert-OH is 1. The van der Waals surface area contributed by atoms with Gasteiger partial charge in [0, 0.05) is 18.5 Å². The van der Waals surface area contributed by atoms with Crippen molar-refractivity contribution in [1.29, 1.82) is 0 Å². The molecule has 0 spiro atoms. The molecule has 0 radical (unpaired) electrons. The number of carbonyl (C=O) groups is 1. The number of likely N-dealkylation sites (N-methyl/N-ethyl adjacent to an activating group) is 1. The SMILES string of the molecule is CC(C(=O)NC1CCOc2ccccc21)N(C)CC1CCCC1O. The molecule has 2 aliphatic rings. The normalized spacial score (nSPS) is 27.4. The van der Waals surface area contributed by atoms with Gasteiger partial charge in [0.05, 0.1) is 24.8 Å². The fraction of sp³-hybridized carbons (Fsp3) is 0.632. The Bertz CT molecular complexity index is 577. The van der Waals surface area contributed by atoms with Crippen LogP contribution in [0, 0.1) is 5.92 Å². The van der Waals surface area contributed by atoms with Crippen molar-refractivity contribution >= 4 is 5.91 Å². The van der Waals surface area contributed by atoms with Crippen LogP contribution in [0.25, 0.3) is 0 Å². The molecule has 1 heterocycles. The van der Waals surface area contributed by atoms with E-state index in [0.29, 0.717) is 6.61 Å². The predicted octanol–water partition coefficient (Wildman–Crippen LogP) is 2.11. The van der Waals surface area contributed by atoms with Crippen LogP contribution < -0.4 is 10.1 Å². The topological polar surface area (TPSA) is 61.8 Å². The number of hydrogen-bond acceptors (Lipinski definition) is 4. The van der Waals surface area contributed by atoms with Crippen LogP contribution in [0.2, 0.25) is 0 Å². The molecule has 24 heavy (non-hydrogen) atoms. The number of carbonyl (C=O) groups excluding carboxylic acids is 1. The fourth-order valence-electron chi connectivity index (χ4n) is 3.74. The third-order valence-corrected chi connectivity index (χ3v) is 5.46. The summed E-state index contributed by atoms with van der Waals surface area (Å²) in [5, 5.41) is 13.2. The summed E-state index contributed by atoms with van der Waals surface area (Å²) < 4.78 is 5.65. The van der Waals surface area contributed by atoms with Crippen molar-refractivity contribution < 1.29 is 14.6 Å². The van der Waals surface area contributed by atoms with Gasteiger partial charge in [-0.2, -0.15) is 0 Å². The highest BCUT2D eigenvalue weighted by Gasteiger charge is 2.30. The number of nitrogens with one attached hydrogen (secondary N) is 1. The second-order valence-corrected chi connectivity index (χ2v) is 7.11. The molecule has 1 aliphatic heterocycles. The third kappa shape index (κ3) is 3.73. The van der Waals surface area contributed by atoms with Crippen molar-refractivity contribution in [1.82, 2.24) is 10.2 Å². The number of fused-ring (bicyclic) bond motifs is 1. The van der Waals surface area contributed by atoms with Crippen LogP contribution in [-0.4, -0.2) is 48.3 Å². The number of amides is 1. The van der Waals surface area contributed by atoms with Crippen LogP contribution in [0.1, 0.15) is 44.2 Å². The number of benzene rings is 1. The van der Waals surface area contributed by atoms with E-state index < -0.39 is 0 Å². The fourth-order valence-corrected chi connectivity index (χ4v) is 3.74. The Balaban J connectivity index is 1.58. The first kappa shape index (κ1) is 17.2. The molecule has 0 bridgehead atoms. The van der Waals surface area contributed by atoms with E-state index in [0.717, 1.165) is 43.5 Å². The third-order valence-electron chi connectivity index (χ3n) is 5.46. The van der Waals surface area contributed by atoms with Crippen molar-refractivity contribution in [2.45, 2.75) is 50.8 Å². The zero-order chi connectivity index (χ0) is 17.1. The summed E-state index contributed by atoms with van der Waals surface area (Å²) in [6, 6.07) is 7.69. The van der Waals surface area contributed by atoms with Crippen molar-refractivity contribution in [3.8, 4) is 5.75 Å². The molecule has 1 amide bonds. The predicted molar refractivity (Wildman–Crippen MR) is 92.9 cm³/mol. The minimum Gasteiger partial charge on any atom is -0.493 e. The minimum atomic E-state index is -0.218. The van der Waals surface area contributed by atoms with Gasteiger partial charge in [-0.05, 0) is 38.8 Å². The Morgan fingerprint density at radius 1 is 1.38 bits per heavy atom. The highest BCUT2D eigenvalue weighted by atomic mass is 16.5. The monoisotopic (exact) mass is 332 g/mol. The summed E-state index contributed by atoms with van der Waals surface area (Å²) in [6.45, 7) is 3.32. The first-order valence-corrected chi connectivity index (χ1v) is 8.96. The lowest BCUT2D eigenvalue weighted by molar-refractivity contribution is -0.126. The molecule has 4 atom stereocenters. The molecule has 0 saturated heterocycles. The second-order valence-electron chi connectivity index (χ2n) is 7.11. The Kier molecular flexibility index (Phi) is 5.41. The first-order valence-electron chi connectivity index (χ1n) is 8.96. The van der Waals surface area contributed by atoms with Crippen molar-refractivity contribution in [2.24, 2.45) is 5.92 Å². The number of aliphatic hydroxyl groups is 1. The number of nitrogens with zero attached hydrogens (tertiary/aromatic N) is 1. The summed E-state index contributed by atoms with van der Waals surface area (Å²) in [5.74, 6) is 1.19. The van der Waals surface area contributed by atoms with E-state index in [1.165, 1.54) is 0 Å². The molecule has 1 aromatic rings. The zero-order valence-electron chi connectivity index (χ0n) is 14.6. The van der Waals surface area contributed by atoms with Crippen LogP contribution in [0.5, 0.6) is 5.75 Å². The van der Waals surface area contributed by atoms with Crippen LogP contribution in [-0.2, 0) is 4.79 Å². The number of ether oxygens (including phenoxy) is 1. The molecule has 2 N–H and O–H groups in total. The van der Waals surface area contributed by atoms with Gasteiger partial charge in [0.1, 0.15) is 5.75 Å². The van der Waals surface area contributed by atoms with Gasteiger partial charge in [-0.3, -0.25) is 9.69 Å². The van der Waals surface area contributed by atoms with E-state index in [-0.39, 0.29) is 30.0 Å². The van der Waals surface area contributed by atoms with Crippen molar-refractivity contribution in [3.05, 3.63) is 29.8 Å². The number of rotatable bonds is 5. The van der Waals surface area contributed by atoms with E-state index >= 15 is 0 Å². The summed E-state index contributed by atoms with van der Waals surface area (Å²) in [5.41, 5.74) is 1.05. The van der Waals surface area contributed by atoms with Gasteiger partial charge >= 0.3 is 0 Å². The van der Waals surface area contributed by atoms with Gasteiger partial charge in [-0.1, -0.05) is 24.6 Å². The maximum Gasteiger partial charge on any atom is 0.237 e. The van der Waals surface area contributed by atoms with Crippen LogP contribution in [0.4, 0.5) is 0 Å². The smallest absolute Gasteiger partial charge is 0.237 e. The molecule has 1 aromatic carbocycles. The quantitative estimate of drug-likeness (QED) is 0.867. The Hall–Kier alpha value is -1.59. The first-order chi connectivity index (χ1) is 11.6. The highest BCUT2D eigenvalue weighted by molar-refractivity contribution is 5.81. The summed E-state index contributed by atoms with van der Waals surface area (Å²) in [6.07, 6.45) is 3.59. The molecule has 1 aliphatic carbocycles. The molecule has 3 rings (SSSR count). The molecule has 5 nitrogen and oxygen atoms in total. The van der Waals surface area contributed by atoms with Gasteiger partial charge < -0.3 is 15.2 Å². The lowest BCUT2D eigenvalue weighted by Gasteiger charge is -2.31. The molecule has 4 unspecified atom stereocenters. The van der Waals surface area contributed by atoms with E-state index in [1.807, 2.05) is 38.2 Å². The summed E-state index contributed by atoms with van der Waals surface area (Å²) >= 11 is 0. The largest absolute Gasteiger partial charge is 0.493 e. The van der Waals surface area contributed by atoms with Gasteiger partial charge in [0.2, 0.25) is 5.91 Å².